The highest BCUT2D eigenvalue weighted by atomic mass is 16.2. The first-order valence-electron chi connectivity index (χ1n) is 7.80. The van der Waals surface area contributed by atoms with Gasteiger partial charge < -0.3 is 14.8 Å². The van der Waals surface area contributed by atoms with E-state index in [4.69, 9.17) is 0 Å². The van der Waals surface area contributed by atoms with Gasteiger partial charge in [0.05, 0.1) is 24.3 Å². The fourth-order valence-electron chi connectivity index (χ4n) is 2.83. The highest BCUT2D eigenvalue weighted by Gasteiger charge is 2.23. The van der Waals surface area contributed by atoms with Crippen molar-refractivity contribution in [3.63, 3.8) is 0 Å². The molecule has 1 aliphatic heterocycles. The van der Waals surface area contributed by atoms with Crippen molar-refractivity contribution in [2.75, 3.05) is 13.1 Å². The maximum absolute atomic E-state index is 12.2. The van der Waals surface area contributed by atoms with Gasteiger partial charge in [0.25, 0.3) is 0 Å². The van der Waals surface area contributed by atoms with Crippen LogP contribution in [0.1, 0.15) is 23.4 Å². The van der Waals surface area contributed by atoms with Crippen LogP contribution in [0.25, 0.3) is 0 Å². The molecule has 2 amide bonds. The SMILES string of the molecule is Cn1cnc2c1CN(C(=O)NCCCc1ccccc1)CC2. The standard InChI is InChI=1S/C17H22N4O/c1-20-13-19-15-9-11-21(12-16(15)20)17(22)18-10-5-8-14-6-3-2-4-7-14/h2-4,6-7,13H,5,8-12H2,1H3,(H,18,22). The number of carbonyl (C=O) groups excluding carboxylic acids is 1. The van der Waals surface area contributed by atoms with E-state index < -0.39 is 0 Å². The largest absolute Gasteiger partial charge is 0.338 e. The molecule has 0 radical (unpaired) electrons. The molecule has 22 heavy (non-hydrogen) atoms. The van der Waals surface area contributed by atoms with E-state index in [-0.39, 0.29) is 6.03 Å². The van der Waals surface area contributed by atoms with Gasteiger partial charge in [-0.05, 0) is 18.4 Å². The molecule has 5 nitrogen and oxygen atoms in total. The van der Waals surface area contributed by atoms with E-state index in [1.807, 2.05) is 41.0 Å². The van der Waals surface area contributed by atoms with E-state index in [0.717, 1.165) is 37.2 Å². The predicted molar refractivity (Wildman–Crippen MR) is 85.5 cm³/mol. The molecule has 1 aromatic carbocycles. The zero-order valence-corrected chi connectivity index (χ0v) is 13.0. The minimum absolute atomic E-state index is 0.0277. The second kappa shape index (κ2) is 6.64. The lowest BCUT2D eigenvalue weighted by molar-refractivity contribution is 0.190. The fraction of sp³-hybridized carbons (Fsp3) is 0.412. The minimum atomic E-state index is 0.0277. The first-order chi connectivity index (χ1) is 10.7. The molecule has 5 heteroatoms. The number of hydrogen-bond acceptors (Lipinski definition) is 2. The van der Waals surface area contributed by atoms with Crippen LogP contribution in [0.2, 0.25) is 0 Å². The molecule has 1 N–H and O–H groups in total. The number of rotatable bonds is 4. The molecule has 0 fully saturated rings. The van der Waals surface area contributed by atoms with Crippen molar-refractivity contribution in [2.45, 2.75) is 25.8 Å². The molecular weight excluding hydrogens is 276 g/mol. The molecule has 0 saturated heterocycles. The number of aromatic nitrogens is 2. The van der Waals surface area contributed by atoms with Crippen molar-refractivity contribution in [1.29, 1.82) is 0 Å². The number of hydrogen-bond donors (Lipinski definition) is 1. The average Bonchev–Trinajstić information content (AvgIpc) is 2.93. The Bertz CT molecular complexity index is 635. The van der Waals surface area contributed by atoms with Crippen LogP contribution in [0.3, 0.4) is 0 Å². The highest BCUT2D eigenvalue weighted by molar-refractivity contribution is 5.74. The van der Waals surface area contributed by atoms with Crippen molar-refractivity contribution < 1.29 is 4.79 Å². The van der Waals surface area contributed by atoms with Crippen LogP contribution in [0.4, 0.5) is 4.79 Å². The van der Waals surface area contributed by atoms with E-state index in [1.165, 1.54) is 5.56 Å². The Morgan fingerprint density at radius 1 is 1.32 bits per heavy atom. The van der Waals surface area contributed by atoms with Gasteiger partial charge in [-0.15, -0.1) is 0 Å². The Morgan fingerprint density at radius 3 is 2.95 bits per heavy atom. The van der Waals surface area contributed by atoms with Gasteiger partial charge in [0, 0.05) is 26.6 Å². The molecule has 0 spiro atoms. The summed E-state index contributed by atoms with van der Waals surface area (Å²) in [5.41, 5.74) is 3.58. The van der Waals surface area contributed by atoms with Gasteiger partial charge in [-0.25, -0.2) is 9.78 Å². The summed E-state index contributed by atoms with van der Waals surface area (Å²) in [4.78, 5) is 18.5. The van der Waals surface area contributed by atoms with Crippen molar-refractivity contribution in [3.05, 3.63) is 53.6 Å². The summed E-state index contributed by atoms with van der Waals surface area (Å²) in [6, 6.07) is 10.4. The molecule has 0 unspecified atom stereocenters. The van der Waals surface area contributed by atoms with Crippen molar-refractivity contribution >= 4 is 6.03 Å². The summed E-state index contributed by atoms with van der Waals surface area (Å²) in [6.45, 7) is 2.10. The van der Waals surface area contributed by atoms with Crippen molar-refractivity contribution in [1.82, 2.24) is 19.8 Å². The van der Waals surface area contributed by atoms with E-state index in [2.05, 4.69) is 22.4 Å². The number of amides is 2. The first kappa shape index (κ1) is 14.6. The average molecular weight is 298 g/mol. The van der Waals surface area contributed by atoms with Gasteiger partial charge in [-0.2, -0.15) is 0 Å². The second-order valence-corrected chi connectivity index (χ2v) is 5.74. The van der Waals surface area contributed by atoms with Crippen LogP contribution in [0.5, 0.6) is 0 Å². The molecule has 0 saturated carbocycles. The third-order valence-electron chi connectivity index (χ3n) is 4.15. The molecule has 3 rings (SSSR count). The molecular formula is C17H22N4O. The van der Waals surface area contributed by atoms with E-state index in [0.29, 0.717) is 13.1 Å². The normalized spacial score (nSPS) is 13.8. The lowest BCUT2D eigenvalue weighted by Gasteiger charge is -2.27. The Morgan fingerprint density at radius 2 is 2.14 bits per heavy atom. The third kappa shape index (κ3) is 3.30. The van der Waals surface area contributed by atoms with Crippen molar-refractivity contribution in [3.8, 4) is 0 Å². The monoisotopic (exact) mass is 298 g/mol. The number of nitrogens with one attached hydrogen (secondary N) is 1. The number of urea groups is 1. The second-order valence-electron chi connectivity index (χ2n) is 5.74. The first-order valence-corrected chi connectivity index (χ1v) is 7.80. The number of aryl methyl sites for hydroxylation is 2. The Labute approximate surface area is 131 Å². The number of benzene rings is 1. The smallest absolute Gasteiger partial charge is 0.317 e. The fourth-order valence-corrected chi connectivity index (χ4v) is 2.83. The van der Waals surface area contributed by atoms with Gasteiger partial charge in [0.1, 0.15) is 0 Å². The molecule has 0 bridgehead atoms. The van der Waals surface area contributed by atoms with Gasteiger partial charge in [0.2, 0.25) is 0 Å². The summed E-state index contributed by atoms with van der Waals surface area (Å²) >= 11 is 0. The number of nitrogens with zero attached hydrogens (tertiary/aromatic N) is 3. The number of carbonyl (C=O) groups is 1. The molecule has 1 aromatic heterocycles. The van der Waals surface area contributed by atoms with E-state index >= 15 is 0 Å². The zero-order chi connectivity index (χ0) is 15.4. The summed E-state index contributed by atoms with van der Waals surface area (Å²) in [7, 11) is 1.98. The summed E-state index contributed by atoms with van der Waals surface area (Å²) in [5.74, 6) is 0. The summed E-state index contributed by atoms with van der Waals surface area (Å²) in [5, 5.41) is 3.02. The lowest BCUT2D eigenvalue weighted by Crippen LogP contribution is -2.43. The van der Waals surface area contributed by atoms with Gasteiger partial charge in [-0.1, -0.05) is 30.3 Å². The van der Waals surface area contributed by atoms with Gasteiger partial charge >= 0.3 is 6.03 Å². The van der Waals surface area contributed by atoms with Gasteiger partial charge in [0.15, 0.2) is 0 Å². The Balaban J connectivity index is 1.44. The van der Waals surface area contributed by atoms with Gasteiger partial charge in [-0.3, -0.25) is 0 Å². The molecule has 0 aliphatic carbocycles. The predicted octanol–water partition coefficient (Wildman–Crippen LogP) is 2.12. The maximum atomic E-state index is 12.2. The summed E-state index contributed by atoms with van der Waals surface area (Å²) in [6.07, 6.45) is 4.62. The molecule has 2 aromatic rings. The zero-order valence-electron chi connectivity index (χ0n) is 13.0. The Hall–Kier alpha value is -2.30. The molecule has 0 atom stereocenters. The molecule has 2 heterocycles. The van der Waals surface area contributed by atoms with Crippen molar-refractivity contribution in [2.24, 2.45) is 7.05 Å². The molecule has 1 aliphatic rings. The number of fused-ring (bicyclic) bond motifs is 1. The maximum Gasteiger partial charge on any atom is 0.317 e. The van der Waals surface area contributed by atoms with Crippen LogP contribution in [0, 0.1) is 0 Å². The topological polar surface area (TPSA) is 50.2 Å². The van der Waals surface area contributed by atoms with Crippen LogP contribution in [-0.2, 0) is 26.4 Å². The summed E-state index contributed by atoms with van der Waals surface area (Å²) < 4.78 is 2.00. The number of imidazole rings is 1. The van der Waals surface area contributed by atoms with E-state index in [1.54, 1.807) is 0 Å². The van der Waals surface area contributed by atoms with Crippen LogP contribution >= 0.6 is 0 Å². The quantitative estimate of drug-likeness (QED) is 0.879. The van der Waals surface area contributed by atoms with Crippen LogP contribution in [-0.4, -0.2) is 33.6 Å². The molecule has 116 valence electrons. The highest BCUT2D eigenvalue weighted by Crippen LogP contribution is 2.16. The van der Waals surface area contributed by atoms with Crippen LogP contribution in [0.15, 0.2) is 36.7 Å². The third-order valence-corrected chi connectivity index (χ3v) is 4.15. The lowest BCUT2D eigenvalue weighted by atomic mass is 10.1. The van der Waals surface area contributed by atoms with E-state index in [9.17, 15) is 4.79 Å². The Kier molecular flexibility index (Phi) is 4.42. The van der Waals surface area contributed by atoms with Crippen LogP contribution < -0.4 is 5.32 Å². The minimum Gasteiger partial charge on any atom is -0.338 e.